The Morgan fingerprint density at radius 2 is 1.76 bits per heavy atom. The number of hydrogen-bond donors (Lipinski definition) is 0. The lowest BCUT2D eigenvalue weighted by Gasteiger charge is -2.12. The van der Waals surface area contributed by atoms with Crippen LogP contribution in [-0.2, 0) is 6.42 Å². The molecule has 4 nitrogen and oxygen atoms in total. The van der Waals surface area contributed by atoms with Gasteiger partial charge in [0.05, 0.1) is 18.5 Å². The number of halogens is 1. The number of nitrogens with zero attached hydrogens (tertiary/aromatic N) is 2. The molecule has 0 amide bonds. The molecule has 1 aliphatic carbocycles. The first-order valence-corrected chi connectivity index (χ1v) is 8.60. The number of rotatable bonds is 3. The molecule has 25 heavy (non-hydrogen) atoms. The third-order valence-corrected chi connectivity index (χ3v) is 4.76. The smallest absolute Gasteiger partial charge is 0.183 e. The molecule has 4 rings (SSSR count). The Balaban J connectivity index is 1.93. The minimum atomic E-state index is 0.115. The number of methoxy groups -OCH3 is 1. The van der Waals surface area contributed by atoms with Gasteiger partial charge in [-0.15, -0.1) is 0 Å². The van der Waals surface area contributed by atoms with Crippen molar-refractivity contribution in [3.63, 3.8) is 0 Å². The number of benzene rings is 2. The topological polar surface area (TPSA) is 44.1 Å². The van der Waals surface area contributed by atoms with E-state index in [9.17, 15) is 4.79 Å². The van der Waals surface area contributed by atoms with Gasteiger partial charge in [-0.1, -0.05) is 23.7 Å². The van der Waals surface area contributed by atoms with Crippen molar-refractivity contribution >= 4 is 17.4 Å². The summed E-state index contributed by atoms with van der Waals surface area (Å²) < 4.78 is 7.09. The van der Waals surface area contributed by atoms with E-state index < -0.39 is 0 Å². The van der Waals surface area contributed by atoms with Gasteiger partial charge in [-0.25, -0.2) is 4.68 Å². The molecule has 0 saturated heterocycles. The average Bonchev–Trinajstić information content (AvgIpc) is 3.03. The third kappa shape index (κ3) is 2.83. The summed E-state index contributed by atoms with van der Waals surface area (Å²) in [7, 11) is 1.64. The van der Waals surface area contributed by atoms with Gasteiger partial charge in [0.1, 0.15) is 11.4 Å². The molecule has 0 spiro atoms. The largest absolute Gasteiger partial charge is 0.497 e. The molecular formula is C20H17ClN2O2. The molecule has 3 aromatic rings. The van der Waals surface area contributed by atoms with Gasteiger partial charge in [0.25, 0.3) is 0 Å². The Bertz CT molecular complexity index is 928. The Morgan fingerprint density at radius 1 is 1.04 bits per heavy atom. The molecule has 0 N–H and O–H groups in total. The van der Waals surface area contributed by atoms with Crippen LogP contribution in [0.15, 0.2) is 48.5 Å². The normalized spacial score (nSPS) is 13.6. The fourth-order valence-corrected chi connectivity index (χ4v) is 3.40. The molecule has 2 aromatic carbocycles. The van der Waals surface area contributed by atoms with Gasteiger partial charge >= 0.3 is 0 Å². The molecule has 0 atom stereocenters. The van der Waals surface area contributed by atoms with Gasteiger partial charge < -0.3 is 4.74 Å². The number of aromatic nitrogens is 2. The summed E-state index contributed by atoms with van der Waals surface area (Å²) in [4.78, 5) is 12.4. The molecule has 0 saturated carbocycles. The van der Waals surface area contributed by atoms with Crippen LogP contribution in [0.25, 0.3) is 16.9 Å². The van der Waals surface area contributed by atoms with E-state index in [0.717, 1.165) is 41.1 Å². The van der Waals surface area contributed by atoms with Crippen LogP contribution < -0.4 is 4.74 Å². The van der Waals surface area contributed by atoms with Crippen LogP contribution in [-0.4, -0.2) is 22.7 Å². The van der Waals surface area contributed by atoms with E-state index in [4.69, 9.17) is 16.3 Å². The van der Waals surface area contributed by atoms with Crippen molar-refractivity contribution in [3.8, 4) is 22.7 Å². The van der Waals surface area contributed by atoms with Gasteiger partial charge in [0.2, 0.25) is 0 Å². The minimum absolute atomic E-state index is 0.115. The van der Waals surface area contributed by atoms with Crippen LogP contribution in [0.4, 0.5) is 0 Å². The zero-order chi connectivity index (χ0) is 17.4. The Morgan fingerprint density at radius 3 is 2.44 bits per heavy atom. The van der Waals surface area contributed by atoms with Crippen molar-refractivity contribution in [1.82, 2.24) is 9.78 Å². The molecule has 126 valence electrons. The van der Waals surface area contributed by atoms with E-state index in [1.54, 1.807) is 7.11 Å². The zero-order valence-corrected chi connectivity index (χ0v) is 14.6. The number of carbonyl (C=O) groups excluding carboxylic acids is 1. The average molecular weight is 353 g/mol. The molecule has 0 fully saturated rings. The highest BCUT2D eigenvalue weighted by Crippen LogP contribution is 2.34. The lowest BCUT2D eigenvalue weighted by atomic mass is 9.92. The first-order valence-electron chi connectivity index (χ1n) is 8.23. The summed E-state index contributed by atoms with van der Waals surface area (Å²) in [5.74, 6) is 0.897. The maximum Gasteiger partial charge on any atom is 0.183 e. The van der Waals surface area contributed by atoms with E-state index in [-0.39, 0.29) is 5.78 Å². The summed E-state index contributed by atoms with van der Waals surface area (Å²) in [6.45, 7) is 0. The van der Waals surface area contributed by atoms with E-state index >= 15 is 0 Å². The van der Waals surface area contributed by atoms with Crippen LogP contribution in [0.2, 0.25) is 5.02 Å². The Labute approximate surface area is 151 Å². The molecule has 0 unspecified atom stereocenters. The number of fused-ring (bicyclic) bond motifs is 1. The predicted octanol–water partition coefficient (Wildman–Crippen LogP) is 4.72. The zero-order valence-electron chi connectivity index (χ0n) is 13.8. The number of ketones is 1. The van der Waals surface area contributed by atoms with Crippen molar-refractivity contribution < 1.29 is 9.53 Å². The van der Waals surface area contributed by atoms with Crippen molar-refractivity contribution in [3.05, 3.63) is 64.8 Å². The van der Waals surface area contributed by atoms with Gasteiger partial charge in [0, 0.05) is 22.6 Å². The molecule has 5 heteroatoms. The highest BCUT2D eigenvalue weighted by molar-refractivity contribution is 6.30. The number of ether oxygens (including phenoxy) is 1. The standard InChI is InChI=1S/C20H17ClN2O2/c1-25-16-11-9-15(10-12-16)23-20(13-5-7-14(21)8-6-13)17-3-2-4-18(24)19(17)22-23/h5-12H,2-4H2,1H3. The lowest BCUT2D eigenvalue weighted by Crippen LogP contribution is -2.10. The molecule has 1 heterocycles. The monoisotopic (exact) mass is 352 g/mol. The van der Waals surface area contributed by atoms with Crippen LogP contribution in [0.5, 0.6) is 5.75 Å². The maximum atomic E-state index is 12.4. The van der Waals surface area contributed by atoms with Crippen LogP contribution in [0.1, 0.15) is 28.9 Å². The van der Waals surface area contributed by atoms with Crippen LogP contribution >= 0.6 is 11.6 Å². The highest BCUT2D eigenvalue weighted by Gasteiger charge is 2.27. The second-order valence-electron chi connectivity index (χ2n) is 6.07. The quantitative estimate of drug-likeness (QED) is 0.685. The molecule has 1 aliphatic rings. The molecule has 1 aromatic heterocycles. The highest BCUT2D eigenvalue weighted by atomic mass is 35.5. The Kier molecular flexibility index (Phi) is 4.06. The van der Waals surface area contributed by atoms with Gasteiger partial charge in [-0.05, 0) is 49.2 Å². The molecule has 0 radical (unpaired) electrons. The van der Waals surface area contributed by atoms with Crippen LogP contribution in [0.3, 0.4) is 0 Å². The molecule has 0 aliphatic heterocycles. The van der Waals surface area contributed by atoms with Gasteiger partial charge in [-0.2, -0.15) is 5.10 Å². The third-order valence-electron chi connectivity index (χ3n) is 4.51. The summed E-state index contributed by atoms with van der Waals surface area (Å²) in [6, 6.07) is 15.3. The van der Waals surface area contributed by atoms with E-state index in [1.807, 2.05) is 53.2 Å². The second-order valence-corrected chi connectivity index (χ2v) is 6.51. The SMILES string of the molecule is COc1ccc(-n2nc3c(c2-c2ccc(Cl)cc2)CCCC3=O)cc1. The lowest BCUT2D eigenvalue weighted by molar-refractivity contribution is 0.0967. The van der Waals surface area contributed by atoms with E-state index in [2.05, 4.69) is 5.10 Å². The maximum absolute atomic E-state index is 12.4. The number of Topliss-reactive ketones (excluding diaryl/α,β-unsaturated/α-hetero) is 1. The predicted molar refractivity (Wildman–Crippen MR) is 97.8 cm³/mol. The molecule has 0 bridgehead atoms. The van der Waals surface area contributed by atoms with Crippen molar-refractivity contribution in [2.75, 3.05) is 7.11 Å². The van der Waals surface area contributed by atoms with Gasteiger partial charge in [-0.3, -0.25) is 4.79 Å². The van der Waals surface area contributed by atoms with Crippen molar-refractivity contribution in [1.29, 1.82) is 0 Å². The minimum Gasteiger partial charge on any atom is -0.497 e. The first-order chi connectivity index (χ1) is 12.2. The van der Waals surface area contributed by atoms with Gasteiger partial charge in [0.15, 0.2) is 5.78 Å². The summed E-state index contributed by atoms with van der Waals surface area (Å²) >= 11 is 6.04. The fourth-order valence-electron chi connectivity index (χ4n) is 3.27. The summed E-state index contributed by atoms with van der Waals surface area (Å²) in [5.41, 5.74) is 4.47. The fraction of sp³-hybridized carbons (Fsp3) is 0.200. The summed E-state index contributed by atoms with van der Waals surface area (Å²) in [6.07, 6.45) is 2.28. The molecular weight excluding hydrogens is 336 g/mol. The van der Waals surface area contributed by atoms with E-state index in [1.165, 1.54) is 0 Å². The van der Waals surface area contributed by atoms with Crippen LogP contribution in [0, 0.1) is 0 Å². The first kappa shape index (κ1) is 15.9. The second kappa shape index (κ2) is 6.37. The number of carbonyl (C=O) groups is 1. The van der Waals surface area contributed by atoms with Crippen molar-refractivity contribution in [2.24, 2.45) is 0 Å². The van der Waals surface area contributed by atoms with E-state index in [0.29, 0.717) is 17.1 Å². The van der Waals surface area contributed by atoms with Crippen molar-refractivity contribution in [2.45, 2.75) is 19.3 Å². The Hall–Kier alpha value is -2.59. The number of hydrogen-bond acceptors (Lipinski definition) is 3. The summed E-state index contributed by atoms with van der Waals surface area (Å²) in [5, 5.41) is 5.33.